The van der Waals surface area contributed by atoms with Crippen LogP contribution in [0.5, 0.6) is 0 Å². The first-order chi connectivity index (χ1) is 4.97. The number of likely N-dealkylation sites (N-methyl/N-ethyl adjacent to an activating group) is 1. The van der Waals surface area contributed by atoms with Crippen LogP contribution in [0.2, 0.25) is 0 Å². The van der Waals surface area contributed by atoms with Crippen molar-refractivity contribution in [2.75, 3.05) is 7.05 Å². The first-order valence-electron chi connectivity index (χ1n) is 3.48. The molecule has 1 heterocycles. The molecule has 0 amide bonds. The van der Waals surface area contributed by atoms with Crippen LogP contribution in [0.25, 0.3) is 0 Å². The second-order valence-electron chi connectivity index (χ2n) is 3.11. The zero-order valence-electron chi connectivity index (χ0n) is 6.96. The number of carboxylic acid groups (broad SMARTS) is 1. The van der Waals surface area contributed by atoms with E-state index in [2.05, 4.69) is 5.10 Å². The van der Waals surface area contributed by atoms with Crippen molar-refractivity contribution < 1.29 is 9.90 Å². The highest BCUT2D eigenvalue weighted by atomic mass is 16.4. The van der Waals surface area contributed by atoms with Crippen molar-refractivity contribution in [3.8, 4) is 0 Å². The molecule has 0 saturated carbocycles. The fourth-order valence-electron chi connectivity index (χ4n) is 1.23. The second kappa shape index (κ2) is 2.25. The maximum Gasteiger partial charge on any atom is 0.322 e. The third-order valence-corrected chi connectivity index (χ3v) is 2.10. The van der Waals surface area contributed by atoms with Crippen LogP contribution >= 0.6 is 0 Å². The zero-order valence-corrected chi connectivity index (χ0v) is 6.96. The van der Waals surface area contributed by atoms with Crippen molar-refractivity contribution in [3.63, 3.8) is 0 Å². The Morgan fingerprint density at radius 1 is 1.91 bits per heavy atom. The van der Waals surface area contributed by atoms with Crippen molar-refractivity contribution in [1.29, 1.82) is 0 Å². The smallest absolute Gasteiger partial charge is 0.322 e. The van der Waals surface area contributed by atoms with Crippen LogP contribution in [-0.4, -0.2) is 42.1 Å². The molecule has 11 heavy (non-hydrogen) atoms. The van der Waals surface area contributed by atoms with E-state index in [9.17, 15) is 4.79 Å². The summed E-state index contributed by atoms with van der Waals surface area (Å²) in [7, 11) is 3.36. The van der Waals surface area contributed by atoms with E-state index >= 15 is 0 Å². The number of nitrogens with zero attached hydrogens (tertiary/aromatic N) is 2. The summed E-state index contributed by atoms with van der Waals surface area (Å²) < 4.78 is 0. The highest BCUT2D eigenvalue weighted by molar-refractivity contribution is 6.29. The molecule has 1 aliphatic rings. The fraction of sp³-hybridized carbons (Fsp3) is 0.667. The van der Waals surface area contributed by atoms with E-state index in [1.807, 2.05) is 6.92 Å². The Morgan fingerprint density at radius 3 is 2.64 bits per heavy atom. The van der Waals surface area contributed by atoms with E-state index < -0.39 is 11.4 Å². The Hall–Kier alpha value is -0.995. The highest BCUT2D eigenvalue weighted by Gasteiger charge is 2.41. The van der Waals surface area contributed by atoms with Gasteiger partial charge in [-0.3, -0.25) is 9.80 Å². The van der Waals surface area contributed by atoms with Crippen LogP contribution in [0.3, 0.4) is 0 Å². The number of carbonyl (C=O) groups is 1. The molecule has 1 aliphatic heterocycles. The lowest BCUT2D eigenvalue weighted by molar-refractivity contribution is -0.144. The quantitative estimate of drug-likeness (QED) is 0.498. The van der Waals surface area contributed by atoms with Crippen molar-refractivity contribution in [2.24, 2.45) is 5.10 Å². The normalized spacial score (nSPS) is 30.4. The Kier molecular flexibility index (Phi) is 1.66. The van der Waals surface area contributed by atoms with Gasteiger partial charge >= 0.3 is 5.97 Å². The third kappa shape index (κ3) is 1.10. The van der Waals surface area contributed by atoms with Gasteiger partial charge in [0.05, 0.1) is 0 Å². The standard InChI is InChI=1S/C6H11BN2O2/c1-4-3-6(7,5(10)11)9(2)8-4/h3,7H2,1-2H3,(H,10,11). The maximum atomic E-state index is 10.8. The molecule has 1 atom stereocenters. The predicted octanol–water partition coefficient (Wildman–Crippen LogP) is -0.888. The summed E-state index contributed by atoms with van der Waals surface area (Å²) in [4.78, 5) is 10.8. The van der Waals surface area contributed by atoms with Crippen molar-refractivity contribution in [2.45, 2.75) is 18.8 Å². The second-order valence-corrected chi connectivity index (χ2v) is 3.11. The van der Waals surface area contributed by atoms with Gasteiger partial charge in [0.15, 0.2) is 7.85 Å². The summed E-state index contributed by atoms with van der Waals surface area (Å²) in [5.41, 5.74) is 0.0433. The first kappa shape index (κ1) is 8.10. The fourth-order valence-corrected chi connectivity index (χ4v) is 1.23. The van der Waals surface area contributed by atoms with Crippen LogP contribution in [0.1, 0.15) is 13.3 Å². The van der Waals surface area contributed by atoms with Crippen molar-refractivity contribution in [1.82, 2.24) is 5.01 Å². The molecule has 0 radical (unpaired) electrons. The average Bonchev–Trinajstić information content (AvgIpc) is 2.08. The van der Waals surface area contributed by atoms with E-state index in [0.717, 1.165) is 5.71 Å². The topological polar surface area (TPSA) is 52.9 Å². The molecule has 0 aromatic rings. The van der Waals surface area contributed by atoms with E-state index in [1.165, 1.54) is 5.01 Å². The largest absolute Gasteiger partial charge is 0.480 e. The Bertz CT molecular complexity index is 229. The molecule has 0 aromatic carbocycles. The molecular weight excluding hydrogens is 143 g/mol. The number of hydrogen-bond donors (Lipinski definition) is 1. The van der Waals surface area contributed by atoms with Crippen LogP contribution in [0, 0.1) is 0 Å². The first-order valence-corrected chi connectivity index (χ1v) is 3.48. The summed E-state index contributed by atoms with van der Waals surface area (Å²) in [5.74, 6) is -0.819. The van der Waals surface area contributed by atoms with Gasteiger partial charge in [-0.05, 0) is 6.92 Å². The van der Waals surface area contributed by atoms with Gasteiger partial charge < -0.3 is 5.11 Å². The molecule has 0 fully saturated rings. The van der Waals surface area contributed by atoms with Gasteiger partial charge in [-0.1, -0.05) is 0 Å². The number of rotatable bonds is 1. The van der Waals surface area contributed by atoms with Gasteiger partial charge in [0.2, 0.25) is 0 Å². The molecule has 0 bridgehead atoms. The molecule has 60 valence electrons. The predicted molar refractivity (Wildman–Crippen MR) is 44.4 cm³/mol. The summed E-state index contributed by atoms with van der Waals surface area (Å²) in [6, 6.07) is 0. The monoisotopic (exact) mass is 154 g/mol. The summed E-state index contributed by atoms with van der Waals surface area (Å²) >= 11 is 0. The minimum Gasteiger partial charge on any atom is -0.480 e. The lowest BCUT2D eigenvalue weighted by atomic mass is 9.74. The molecule has 4 nitrogen and oxygen atoms in total. The number of hydrogen-bond acceptors (Lipinski definition) is 3. The van der Waals surface area contributed by atoms with Gasteiger partial charge in [0, 0.05) is 19.2 Å². The van der Waals surface area contributed by atoms with Crippen LogP contribution in [0.4, 0.5) is 0 Å². The summed E-state index contributed by atoms with van der Waals surface area (Å²) in [6.07, 6.45) is 0.513. The minimum atomic E-state index is -0.829. The highest BCUT2D eigenvalue weighted by Crippen LogP contribution is 2.22. The molecule has 0 spiro atoms. The van der Waals surface area contributed by atoms with Gasteiger partial charge in [0.1, 0.15) is 5.44 Å². The maximum absolute atomic E-state index is 10.8. The molecule has 1 N–H and O–H groups in total. The van der Waals surface area contributed by atoms with Crippen LogP contribution in [0.15, 0.2) is 5.10 Å². The van der Waals surface area contributed by atoms with Crippen molar-refractivity contribution >= 4 is 19.5 Å². The molecular formula is C6H11BN2O2. The third-order valence-electron chi connectivity index (χ3n) is 2.10. The average molecular weight is 154 g/mol. The van der Waals surface area contributed by atoms with E-state index in [4.69, 9.17) is 5.11 Å². The van der Waals surface area contributed by atoms with Gasteiger partial charge in [0.25, 0.3) is 0 Å². The summed E-state index contributed by atoms with van der Waals surface area (Å²) in [6.45, 7) is 1.84. The summed E-state index contributed by atoms with van der Waals surface area (Å²) in [5, 5.41) is 14.4. The molecule has 5 heteroatoms. The molecule has 1 rings (SSSR count). The molecule has 1 unspecified atom stereocenters. The SMILES string of the molecule is BC1(C(=O)O)CC(C)=NN1C. The van der Waals surface area contributed by atoms with Gasteiger partial charge in [-0.2, -0.15) is 5.10 Å². The zero-order chi connectivity index (χ0) is 8.65. The van der Waals surface area contributed by atoms with E-state index in [1.54, 1.807) is 14.9 Å². The van der Waals surface area contributed by atoms with Crippen LogP contribution < -0.4 is 0 Å². The Labute approximate surface area is 66.3 Å². The number of hydrazone groups is 1. The lowest BCUT2D eigenvalue weighted by Gasteiger charge is -2.26. The van der Waals surface area contributed by atoms with E-state index in [-0.39, 0.29) is 0 Å². The number of carboxylic acids is 1. The Balaban J connectivity index is 2.86. The molecule has 0 aromatic heterocycles. The van der Waals surface area contributed by atoms with E-state index in [0.29, 0.717) is 6.42 Å². The van der Waals surface area contributed by atoms with Crippen LogP contribution in [-0.2, 0) is 4.79 Å². The molecule has 0 aliphatic carbocycles. The Morgan fingerprint density at radius 2 is 2.45 bits per heavy atom. The minimum absolute atomic E-state index is 0.513. The van der Waals surface area contributed by atoms with Gasteiger partial charge in [-0.15, -0.1) is 0 Å². The number of aliphatic carboxylic acids is 1. The lowest BCUT2D eigenvalue weighted by Crippen LogP contribution is -2.48. The van der Waals surface area contributed by atoms with Gasteiger partial charge in [-0.25, -0.2) is 0 Å². The molecule has 0 saturated heterocycles. The van der Waals surface area contributed by atoms with Crippen molar-refractivity contribution in [3.05, 3.63) is 0 Å².